The molecule has 190 valence electrons. The molecule has 0 aliphatic heterocycles. The van der Waals surface area contributed by atoms with E-state index in [-0.39, 0.29) is 17.1 Å². The molecule has 0 radical (unpaired) electrons. The second kappa shape index (κ2) is 12.7. The molecule has 0 aliphatic rings. The van der Waals surface area contributed by atoms with Crippen LogP contribution in [0.5, 0.6) is 0 Å². The average Bonchev–Trinajstić information content (AvgIpc) is 3.31. The van der Waals surface area contributed by atoms with Crippen LogP contribution in [0.4, 0.5) is 11.4 Å². The Balaban J connectivity index is 1.60. The molecule has 0 saturated carbocycles. The quantitative estimate of drug-likeness (QED) is 0.207. The minimum atomic E-state index is -0.346. The molecule has 7 nitrogen and oxygen atoms in total. The number of hydrogen-bond donors (Lipinski definition) is 2. The maximum absolute atomic E-state index is 13.1. The molecule has 4 rings (SSSR count). The van der Waals surface area contributed by atoms with Gasteiger partial charge in [0.2, 0.25) is 11.8 Å². The largest absolute Gasteiger partial charge is 0.326 e. The van der Waals surface area contributed by atoms with Gasteiger partial charge in [-0.2, -0.15) is 0 Å². The van der Waals surface area contributed by atoms with Crippen molar-refractivity contribution in [2.24, 2.45) is 0 Å². The molecule has 1 aromatic heterocycles. The van der Waals surface area contributed by atoms with Crippen LogP contribution in [0, 0.1) is 0 Å². The summed E-state index contributed by atoms with van der Waals surface area (Å²) in [7, 11) is 0. The van der Waals surface area contributed by atoms with Crippen molar-refractivity contribution >= 4 is 50.9 Å². The summed E-state index contributed by atoms with van der Waals surface area (Å²) in [5, 5.41) is 15.2. The first kappa shape index (κ1) is 26.6. The molecule has 0 fully saturated rings. The fourth-order valence-electron chi connectivity index (χ4n) is 3.66. The zero-order chi connectivity index (χ0) is 26.2. The molecule has 4 aromatic rings. The lowest BCUT2D eigenvalue weighted by Gasteiger charge is -2.16. The normalized spacial score (nSPS) is 11.6. The number of benzene rings is 3. The Morgan fingerprint density at radius 2 is 1.54 bits per heavy atom. The third kappa shape index (κ3) is 7.08. The van der Waals surface area contributed by atoms with Gasteiger partial charge in [0.05, 0.1) is 11.8 Å². The lowest BCUT2D eigenvalue weighted by molar-refractivity contribution is -0.116. The maximum Gasteiger partial charge on any atom is 0.237 e. The van der Waals surface area contributed by atoms with E-state index >= 15 is 0 Å². The van der Waals surface area contributed by atoms with Crippen molar-refractivity contribution in [3.8, 4) is 11.4 Å². The lowest BCUT2D eigenvalue weighted by Crippen LogP contribution is -2.25. The van der Waals surface area contributed by atoms with Gasteiger partial charge in [0.15, 0.2) is 11.0 Å². The second-order valence-corrected chi connectivity index (χ2v) is 10.5. The molecule has 9 heteroatoms. The Kier molecular flexibility index (Phi) is 9.14. The first-order valence-electron chi connectivity index (χ1n) is 12.1. The molecule has 0 saturated heterocycles. The fourth-order valence-corrected chi connectivity index (χ4v) is 4.87. The van der Waals surface area contributed by atoms with Crippen LogP contribution in [-0.4, -0.2) is 31.8 Å². The number of aromatic nitrogens is 3. The Bertz CT molecular complexity index is 1340. The van der Waals surface area contributed by atoms with E-state index in [4.69, 9.17) is 0 Å². The summed E-state index contributed by atoms with van der Waals surface area (Å²) >= 11 is 4.83. The van der Waals surface area contributed by atoms with Crippen molar-refractivity contribution in [3.05, 3.63) is 88.9 Å². The number of amides is 2. The summed E-state index contributed by atoms with van der Waals surface area (Å²) in [6.45, 7) is 4.36. The number of hydrogen-bond acceptors (Lipinski definition) is 5. The minimum Gasteiger partial charge on any atom is -0.326 e. The Hall–Kier alpha value is -3.43. The fraction of sp³-hybridized carbons (Fsp3) is 0.214. The van der Waals surface area contributed by atoms with Crippen LogP contribution >= 0.6 is 27.7 Å². The summed E-state index contributed by atoms with van der Waals surface area (Å²) in [6.07, 6.45) is 1.05. The van der Waals surface area contributed by atoms with Crippen molar-refractivity contribution in [1.82, 2.24) is 14.8 Å². The van der Waals surface area contributed by atoms with E-state index in [1.165, 1.54) is 11.8 Å². The first-order valence-corrected chi connectivity index (χ1v) is 13.7. The highest BCUT2D eigenvalue weighted by atomic mass is 79.9. The maximum atomic E-state index is 13.1. The van der Waals surface area contributed by atoms with E-state index in [1.54, 1.807) is 0 Å². The summed E-state index contributed by atoms with van der Waals surface area (Å²) in [4.78, 5) is 24.8. The Labute approximate surface area is 229 Å². The van der Waals surface area contributed by atoms with Crippen molar-refractivity contribution in [2.75, 3.05) is 10.6 Å². The molecule has 0 unspecified atom stereocenters. The second-order valence-electron chi connectivity index (χ2n) is 8.37. The first-order chi connectivity index (χ1) is 18.0. The average molecular weight is 579 g/mol. The van der Waals surface area contributed by atoms with Gasteiger partial charge < -0.3 is 10.6 Å². The molecule has 1 atom stereocenters. The topological polar surface area (TPSA) is 88.9 Å². The van der Waals surface area contributed by atoms with Gasteiger partial charge in [-0.15, -0.1) is 10.2 Å². The number of carbonyl (C=O) groups is 2. The van der Waals surface area contributed by atoms with Gasteiger partial charge >= 0.3 is 0 Å². The Morgan fingerprint density at radius 1 is 0.892 bits per heavy atom. The molecular weight excluding hydrogens is 550 g/mol. The van der Waals surface area contributed by atoms with Crippen LogP contribution in [0.3, 0.4) is 0 Å². The van der Waals surface area contributed by atoms with Gasteiger partial charge in [0.25, 0.3) is 0 Å². The molecule has 0 spiro atoms. The zero-order valence-electron chi connectivity index (χ0n) is 20.6. The van der Waals surface area contributed by atoms with Crippen molar-refractivity contribution in [3.63, 3.8) is 0 Å². The summed E-state index contributed by atoms with van der Waals surface area (Å²) in [5.41, 5.74) is 3.45. The van der Waals surface area contributed by atoms with Crippen LogP contribution < -0.4 is 10.6 Å². The van der Waals surface area contributed by atoms with Crippen LogP contribution in [-0.2, 0) is 16.1 Å². The van der Waals surface area contributed by atoms with E-state index in [0.717, 1.165) is 27.0 Å². The third-order valence-electron chi connectivity index (χ3n) is 5.67. The third-order valence-corrected chi connectivity index (χ3v) is 7.54. The highest BCUT2D eigenvalue weighted by molar-refractivity contribution is 9.10. The monoisotopic (exact) mass is 577 g/mol. The summed E-state index contributed by atoms with van der Waals surface area (Å²) < 4.78 is 2.99. The van der Waals surface area contributed by atoms with E-state index in [9.17, 15) is 9.59 Å². The molecule has 0 aliphatic carbocycles. The number of nitrogens with one attached hydrogen (secondary N) is 2. The van der Waals surface area contributed by atoms with E-state index in [0.29, 0.717) is 30.4 Å². The van der Waals surface area contributed by atoms with Gasteiger partial charge in [0, 0.05) is 27.8 Å². The summed E-state index contributed by atoms with van der Waals surface area (Å²) in [6, 6.07) is 25.2. The highest BCUT2D eigenvalue weighted by Gasteiger charge is 2.23. The zero-order valence-corrected chi connectivity index (χ0v) is 23.1. The van der Waals surface area contributed by atoms with Crippen LogP contribution in [0.2, 0.25) is 0 Å². The van der Waals surface area contributed by atoms with Gasteiger partial charge in [0.1, 0.15) is 0 Å². The van der Waals surface area contributed by atoms with E-state index < -0.39 is 0 Å². The van der Waals surface area contributed by atoms with Crippen molar-refractivity contribution < 1.29 is 9.59 Å². The van der Waals surface area contributed by atoms with Crippen molar-refractivity contribution in [2.45, 2.75) is 43.6 Å². The summed E-state index contributed by atoms with van der Waals surface area (Å²) in [5.74, 6) is 0.579. The number of rotatable bonds is 10. The van der Waals surface area contributed by atoms with Crippen molar-refractivity contribution in [1.29, 1.82) is 0 Å². The number of carbonyl (C=O) groups excluding carboxylic acids is 2. The SMILES string of the molecule is CCC(=O)Nc1ccc(-c2nnc(S[C@@H](CC)C(=O)Nc3ccc(Br)cc3)n2Cc2ccccc2)cc1. The molecule has 3 aromatic carbocycles. The van der Waals surface area contributed by atoms with Gasteiger partial charge in [-0.1, -0.05) is 71.9 Å². The number of nitrogens with zero attached hydrogens (tertiary/aromatic N) is 3. The van der Waals surface area contributed by atoms with Crippen LogP contribution in [0.1, 0.15) is 32.3 Å². The van der Waals surface area contributed by atoms with Gasteiger partial charge in [-0.25, -0.2) is 0 Å². The predicted molar refractivity (Wildman–Crippen MR) is 153 cm³/mol. The molecular formula is C28H28BrN5O2S. The molecule has 2 amide bonds. The molecule has 2 N–H and O–H groups in total. The Morgan fingerprint density at radius 3 is 2.19 bits per heavy atom. The minimum absolute atomic E-state index is 0.0364. The predicted octanol–water partition coefficient (Wildman–Crippen LogP) is 6.61. The highest BCUT2D eigenvalue weighted by Crippen LogP contribution is 2.30. The molecule has 1 heterocycles. The van der Waals surface area contributed by atoms with E-state index in [2.05, 4.69) is 48.9 Å². The van der Waals surface area contributed by atoms with Crippen LogP contribution in [0.15, 0.2) is 88.5 Å². The van der Waals surface area contributed by atoms with Gasteiger partial charge in [-0.3, -0.25) is 14.2 Å². The van der Waals surface area contributed by atoms with E-state index in [1.807, 2.05) is 85.1 Å². The van der Waals surface area contributed by atoms with Gasteiger partial charge in [-0.05, 0) is 60.5 Å². The smallest absolute Gasteiger partial charge is 0.237 e. The standard InChI is InChI=1S/C28H28BrN5O2S/c1-3-24(27(36)31-23-16-12-21(29)13-17-23)37-28-33-32-26(34(28)18-19-8-6-5-7-9-19)20-10-14-22(15-11-20)30-25(35)4-2/h5-17,24H,3-4,18H2,1-2H3,(H,30,35)(H,31,36)/t24-/m0/s1. The van der Waals surface area contributed by atoms with Crippen LogP contribution in [0.25, 0.3) is 11.4 Å². The number of anilines is 2. The lowest BCUT2D eigenvalue weighted by atomic mass is 10.1. The molecule has 0 bridgehead atoms. The molecule has 37 heavy (non-hydrogen) atoms. The number of halogens is 1. The number of thioether (sulfide) groups is 1.